The largest absolute Gasteiger partial charge is 0.506 e. The highest BCUT2D eigenvalue weighted by atomic mass is 35.5. The molecule has 4 nitrogen and oxygen atoms in total. The van der Waals surface area contributed by atoms with Crippen molar-refractivity contribution in [2.45, 2.75) is 44.2 Å². The Hall–Kier alpha value is -2.04. The summed E-state index contributed by atoms with van der Waals surface area (Å²) in [5, 5.41) is 10.3. The SMILES string of the molecule is CN1Cc2c(ccc(O)c2Cl)C[C@H]1CC1(C(N)=O)CC1(C)c1ccccc1. The first kappa shape index (κ1) is 18.3. The van der Waals surface area contributed by atoms with Crippen LogP contribution in [0.25, 0.3) is 0 Å². The summed E-state index contributed by atoms with van der Waals surface area (Å²) in [7, 11) is 2.05. The van der Waals surface area contributed by atoms with Crippen LogP contribution in [0.2, 0.25) is 5.02 Å². The number of primary amides is 1. The molecule has 5 heteroatoms. The number of nitrogens with two attached hydrogens (primary N) is 1. The van der Waals surface area contributed by atoms with Crippen LogP contribution in [0.4, 0.5) is 0 Å². The van der Waals surface area contributed by atoms with Crippen LogP contribution in [-0.4, -0.2) is 29.0 Å². The first-order valence-corrected chi connectivity index (χ1v) is 9.71. The molecule has 0 saturated heterocycles. The number of hydrogen-bond donors (Lipinski definition) is 2. The highest BCUT2D eigenvalue weighted by molar-refractivity contribution is 6.32. The van der Waals surface area contributed by atoms with Crippen LogP contribution < -0.4 is 5.73 Å². The maximum atomic E-state index is 12.5. The van der Waals surface area contributed by atoms with Crippen LogP contribution in [0.15, 0.2) is 42.5 Å². The molecule has 3 N–H and O–H groups in total. The highest BCUT2D eigenvalue weighted by Gasteiger charge is 2.69. The first-order chi connectivity index (χ1) is 12.8. The van der Waals surface area contributed by atoms with Crippen molar-refractivity contribution in [3.05, 3.63) is 64.2 Å². The van der Waals surface area contributed by atoms with Gasteiger partial charge >= 0.3 is 0 Å². The summed E-state index contributed by atoms with van der Waals surface area (Å²) >= 11 is 6.29. The van der Waals surface area contributed by atoms with E-state index in [9.17, 15) is 9.90 Å². The molecule has 2 aromatic carbocycles. The predicted molar refractivity (Wildman–Crippen MR) is 107 cm³/mol. The molecule has 0 aromatic heterocycles. The van der Waals surface area contributed by atoms with Crippen LogP contribution in [-0.2, 0) is 23.2 Å². The number of benzene rings is 2. The number of halogens is 1. The van der Waals surface area contributed by atoms with E-state index in [2.05, 4.69) is 24.0 Å². The summed E-state index contributed by atoms with van der Waals surface area (Å²) in [5.41, 5.74) is 8.49. The van der Waals surface area contributed by atoms with Gasteiger partial charge in [0.25, 0.3) is 0 Å². The number of phenols is 1. The van der Waals surface area contributed by atoms with Crippen LogP contribution in [0.3, 0.4) is 0 Å². The zero-order chi connectivity index (χ0) is 19.4. The van der Waals surface area contributed by atoms with Gasteiger partial charge in [-0.25, -0.2) is 0 Å². The number of rotatable bonds is 4. The Kier molecular flexibility index (Phi) is 4.24. The lowest BCUT2D eigenvalue weighted by atomic mass is 9.80. The molecular formula is C22H25ClN2O2. The zero-order valence-electron chi connectivity index (χ0n) is 15.7. The summed E-state index contributed by atoms with van der Waals surface area (Å²) in [4.78, 5) is 14.8. The number of aromatic hydroxyl groups is 1. The number of carbonyl (C=O) groups is 1. The van der Waals surface area contributed by atoms with Crippen LogP contribution >= 0.6 is 11.6 Å². The van der Waals surface area contributed by atoms with E-state index in [1.807, 2.05) is 31.3 Å². The van der Waals surface area contributed by atoms with E-state index in [0.717, 1.165) is 30.4 Å². The van der Waals surface area contributed by atoms with Crippen molar-refractivity contribution in [1.29, 1.82) is 0 Å². The quantitative estimate of drug-likeness (QED) is 0.845. The fourth-order valence-corrected chi connectivity index (χ4v) is 5.17. The molecule has 0 bridgehead atoms. The molecule has 0 radical (unpaired) electrons. The lowest BCUT2D eigenvalue weighted by molar-refractivity contribution is -0.124. The fourth-order valence-electron chi connectivity index (χ4n) is 4.93. The van der Waals surface area contributed by atoms with Crippen molar-refractivity contribution < 1.29 is 9.90 Å². The molecule has 1 heterocycles. The number of carbonyl (C=O) groups excluding carboxylic acids is 1. The molecule has 2 aliphatic rings. The average Bonchev–Trinajstić information content (AvgIpc) is 3.28. The number of phenolic OH excluding ortho intramolecular Hbond substituents is 1. The van der Waals surface area contributed by atoms with E-state index < -0.39 is 5.41 Å². The standard InChI is InChI=1S/C22H25ClN2O2/c1-21(15-6-4-3-5-7-15)13-22(21,20(24)27)11-16-10-14-8-9-18(26)19(23)17(14)12-25(16)2/h3-9,16,26H,10-13H2,1-2H3,(H2,24,27)/t16-,21?,22?/m0/s1. The number of likely N-dealkylation sites (N-methyl/N-ethyl adjacent to an activating group) is 1. The molecule has 0 spiro atoms. The third-order valence-electron chi connectivity index (χ3n) is 6.86. The van der Waals surface area contributed by atoms with E-state index >= 15 is 0 Å². The van der Waals surface area contributed by atoms with Gasteiger partial charge in [0.15, 0.2) is 0 Å². The first-order valence-electron chi connectivity index (χ1n) is 9.33. The molecule has 1 amide bonds. The number of nitrogens with zero attached hydrogens (tertiary/aromatic N) is 1. The molecule has 4 rings (SSSR count). The Bertz CT molecular complexity index is 901. The molecule has 1 fully saturated rings. The van der Waals surface area contributed by atoms with Gasteiger partial charge in [0.2, 0.25) is 5.91 Å². The normalized spacial score (nSPS) is 30.0. The third-order valence-corrected chi connectivity index (χ3v) is 7.28. The summed E-state index contributed by atoms with van der Waals surface area (Å²) in [6.45, 7) is 2.81. The van der Waals surface area contributed by atoms with Gasteiger partial charge in [-0.3, -0.25) is 9.69 Å². The van der Waals surface area contributed by atoms with Gasteiger partial charge < -0.3 is 10.8 Å². The zero-order valence-corrected chi connectivity index (χ0v) is 16.5. The molecule has 3 atom stereocenters. The molecule has 2 aromatic rings. The predicted octanol–water partition coefficient (Wildman–Crippen LogP) is 3.63. The lowest BCUT2D eigenvalue weighted by Gasteiger charge is -2.37. The molecule has 1 aliphatic heterocycles. The van der Waals surface area contributed by atoms with Crippen molar-refractivity contribution in [2.75, 3.05) is 7.05 Å². The Morgan fingerprint density at radius 1 is 1.30 bits per heavy atom. The fraction of sp³-hybridized carbons (Fsp3) is 0.409. The van der Waals surface area contributed by atoms with E-state index in [-0.39, 0.29) is 23.1 Å². The smallest absolute Gasteiger partial charge is 0.224 e. The maximum Gasteiger partial charge on any atom is 0.224 e. The average molecular weight is 385 g/mol. The van der Waals surface area contributed by atoms with Gasteiger partial charge in [-0.2, -0.15) is 0 Å². The van der Waals surface area contributed by atoms with E-state index in [1.54, 1.807) is 6.07 Å². The van der Waals surface area contributed by atoms with Crippen molar-refractivity contribution in [2.24, 2.45) is 11.1 Å². The Balaban J connectivity index is 1.63. The lowest BCUT2D eigenvalue weighted by Crippen LogP contribution is -2.43. The van der Waals surface area contributed by atoms with Crippen molar-refractivity contribution in [3.63, 3.8) is 0 Å². The summed E-state index contributed by atoms with van der Waals surface area (Å²) in [5.74, 6) is -0.0912. The number of hydrogen-bond acceptors (Lipinski definition) is 3. The van der Waals surface area contributed by atoms with Crippen LogP contribution in [0.5, 0.6) is 5.75 Å². The molecule has 1 saturated carbocycles. The maximum absolute atomic E-state index is 12.5. The minimum atomic E-state index is -0.522. The minimum absolute atomic E-state index is 0.120. The Morgan fingerprint density at radius 2 is 2.00 bits per heavy atom. The molecule has 27 heavy (non-hydrogen) atoms. The van der Waals surface area contributed by atoms with E-state index in [1.165, 1.54) is 5.56 Å². The molecule has 142 valence electrons. The van der Waals surface area contributed by atoms with Gasteiger partial charge in [0, 0.05) is 18.0 Å². The van der Waals surface area contributed by atoms with Crippen molar-refractivity contribution in [3.8, 4) is 5.75 Å². The monoisotopic (exact) mass is 384 g/mol. The highest BCUT2D eigenvalue weighted by Crippen LogP contribution is 2.67. The second-order valence-corrected chi connectivity index (χ2v) is 8.71. The van der Waals surface area contributed by atoms with E-state index in [4.69, 9.17) is 17.3 Å². The molecule has 1 aliphatic carbocycles. The summed E-state index contributed by atoms with van der Waals surface area (Å²) in [6, 6.07) is 14.0. The summed E-state index contributed by atoms with van der Waals surface area (Å²) in [6.07, 6.45) is 2.31. The summed E-state index contributed by atoms with van der Waals surface area (Å²) < 4.78 is 0. The van der Waals surface area contributed by atoms with Crippen molar-refractivity contribution in [1.82, 2.24) is 4.90 Å². The van der Waals surface area contributed by atoms with Crippen LogP contribution in [0, 0.1) is 5.41 Å². The minimum Gasteiger partial charge on any atom is -0.506 e. The number of amides is 1. The number of fused-ring (bicyclic) bond motifs is 1. The third kappa shape index (κ3) is 2.74. The van der Waals surface area contributed by atoms with Gasteiger partial charge in [0.1, 0.15) is 5.75 Å². The van der Waals surface area contributed by atoms with Gasteiger partial charge in [-0.15, -0.1) is 0 Å². The Morgan fingerprint density at radius 3 is 2.67 bits per heavy atom. The van der Waals surface area contributed by atoms with Gasteiger partial charge in [-0.1, -0.05) is 54.9 Å². The topological polar surface area (TPSA) is 66.6 Å². The molecular weight excluding hydrogens is 360 g/mol. The Labute approximate surface area is 164 Å². The second kappa shape index (κ2) is 6.25. The van der Waals surface area contributed by atoms with E-state index in [0.29, 0.717) is 11.6 Å². The van der Waals surface area contributed by atoms with Crippen molar-refractivity contribution >= 4 is 17.5 Å². The van der Waals surface area contributed by atoms with Gasteiger partial charge in [0.05, 0.1) is 10.4 Å². The molecule has 2 unspecified atom stereocenters. The van der Waals surface area contributed by atoms with Gasteiger partial charge in [-0.05, 0) is 49.1 Å². The second-order valence-electron chi connectivity index (χ2n) is 8.33. The van der Waals surface area contributed by atoms with Crippen LogP contribution in [0.1, 0.15) is 36.5 Å².